The van der Waals surface area contributed by atoms with Crippen LogP contribution in [0.1, 0.15) is 11.1 Å². The summed E-state index contributed by atoms with van der Waals surface area (Å²) in [4.78, 5) is 22.6. The number of nitro groups is 2. The summed E-state index contributed by atoms with van der Waals surface area (Å²) in [6.45, 7) is 3.73. The van der Waals surface area contributed by atoms with Crippen LogP contribution in [0.4, 0.5) is 11.4 Å². The molecule has 0 atom stereocenters. The summed E-state index contributed by atoms with van der Waals surface area (Å²) in [6.07, 6.45) is 0. The van der Waals surface area contributed by atoms with E-state index in [0.29, 0.717) is 32.0 Å². The average Bonchev–Trinajstić information content (AvgIpc) is 2.84. The molecule has 0 radical (unpaired) electrons. The summed E-state index contributed by atoms with van der Waals surface area (Å²) in [6, 6.07) is 19.5. The fourth-order valence-corrected chi connectivity index (χ4v) is 5.57. The van der Waals surface area contributed by atoms with E-state index >= 15 is 0 Å². The summed E-state index contributed by atoms with van der Waals surface area (Å²) < 4.78 is 14.0. The molecule has 4 rings (SSSR count). The van der Waals surface area contributed by atoms with Gasteiger partial charge in [-0.25, -0.2) is 4.21 Å². The third-order valence-corrected chi connectivity index (χ3v) is 7.73. The molecule has 4 aromatic rings. The van der Waals surface area contributed by atoms with Crippen molar-refractivity contribution in [3.8, 4) is 22.3 Å². The van der Waals surface area contributed by atoms with Gasteiger partial charge in [0.05, 0.1) is 30.4 Å². The van der Waals surface area contributed by atoms with Crippen LogP contribution in [0.3, 0.4) is 0 Å². The van der Waals surface area contributed by atoms with Crippen molar-refractivity contribution in [2.24, 2.45) is 0 Å². The third kappa shape index (κ3) is 5.02. The molecule has 0 aliphatic heterocycles. The van der Waals surface area contributed by atoms with Crippen molar-refractivity contribution < 1.29 is 14.1 Å². The molecular formula is C26H18Cl2N2O5S. The van der Waals surface area contributed by atoms with E-state index in [2.05, 4.69) is 0 Å². The second-order valence-corrected chi connectivity index (χ2v) is 10.3. The summed E-state index contributed by atoms with van der Waals surface area (Å²) in [5, 5.41) is 22.9. The van der Waals surface area contributed by atoms with Crippen molar-refractivity contribution in [1.82, 2.24) is 0 Å². The predicted molar refractivity (Wildman–Crippen MR) is 141 cm³/mol. The Labute approximate surface area is 219 Å². The maximum absolute atomic E-state index is 14.0. The Balaban J connectivity index is 1.91. The minimum atomic E-state index is -1.74. The predicted octanol–water partition coefficient (Wildman–Crippen LogP) is 7.93. The molecule has 36 heavy (non-hydrogen) atoms. The second kappa shape index (κ2) is 10.2. The first-order chi connectivity index (χ1) is 17.1. The van der Waals surface area contributed by atoms with Crippen LogP contribution < -0.4 is 0 Å². The highest BCUT2D eigenvalue weighted by Crippen LogP contribution is 2.38. The van der Waals surface area contributed by atoms with Gasteiger partial charge < -0.3 is 0 Å². The summed E-state index contributed by atoms with van der Waals surface area (Å²) in [7, 11) is -1.74. The molecule has 0 unspecified atom stereocenters. The Morgan fingerprint density at radius 3 is 1.39 bits per heavy atom. The van der Waals surface area contributed by atoms with Crippen LogP contribution in [0.5, 0.6) is 0 Å². The maximum atomic E-state index is 14.0. The molecule has 182 valence electrons. The zero-order valence-corrected chi connectivity index (χ0v) is 21.4. The van der Waals surface area contributed by atoms with Crippen molar-refractivity contribution in [2.45, 2.75) is 23.6 Å². The van der Waals surface area contributed by atoms with Gasteiger partial charge in [-0.3, -0.25) is 20.2 Å². The van der Waals surface area contributed by atoms with Gasteiger partial charge in [0, 0.05) is 12.1 Å². The number of rotatable bonds is 6. The standard InChI is InChI=1S/C26H18Cl2N2O5S/c1-15-3-9-25(19(11-15)17-5-7-21(27)23(13-17)29(31)32)36(35)26-10-4-16(2)12-20(26)18-6-8-22(28)24(14-18)30(33)34/h3-14H,1-2H3. The van der Waals surface area contributed by atoms with Crippen molar-refractivity contribution in [1.29, 1.82) is 0 Å². The molecule has 10 heteroatoms. The smallest absolute Gasteiger partial charge is 0.258 e. The topological polar surface area (TPSA) is 103 Å². The van der Waals surface area contributed by atoms with Crippen molar-refractivity contribution >= 4 is 45.4 Å². The molecule has 0 N–H and O–H groups in total. The molecule has 0 aliphatic carbocycles. The van der Waals surface area contributed by atoms with E-state index in [1.54, 1.807) is 36.4 Å². The Kier molecular flexibility index (Phi) is 7.21. The SMILES string of the molecule is Cc1ccc(S(=O)c2ccc(C)cc2-c2ccc(Cl)c([N+](=O)[O-])c2)c(-c2ccc(Cl)c([N+](=O)[O-])c2)c1. The summed E-state index contributed by atoms with van der Waals surface area (Å²) in [5.74, 6) is 0. The van der Waals surface area contributed by atoms with Crippen LogP contribution in [0.2, 0.25) is 10.0 Å². The van der Waals surface area contributed by atoms with Crippen molar-refractivity contribution in [3.63, 3.8) is 0 Å². The lowest BCUT2D eigenvalue weighted by Gasteiger charge is -2.15. The van der Waals surface area contributed by atoms with Gasteiger partial charge in [0.2, 0.25) is 0 Å². The van der Waals surface area contributed by atoms with Crippen LogP contribution in [-0.4, -0.2) is 14.1 Å². The highest BCUT2D eigenvalue weighted by Gasteiger charge is 2.22. The van der Waals surface area contributed by atoms with E-state index in [-0.39, 0.29) is 21.4 Å². The Morgan fingerprint density at radius 1 is 0.639 bits per heavy atom. The quantitative estimate of drug-likeness (QED) is 0.182. The van der Waals surface area contributed by atoms with Gasteiger partial charge in [-0.2, -0.15) is 0 Å². The van der Waals surface area contributed by atoms with E-state index in [9.17, 15) is 24.4 Å². The number of nitro benzene ring substituents is 2. The summed E-state index contributed by atoms with van der Waals surface area (Å²) in [5.41, 5.74) is 3.35. The zero-order valence-electron chi connectivity index (χ0n) is 19.0. The molecule has 0 amide bonds. The average molecular weight is 541 g/mol. The first kappa shape index (κ1) is 25.5. The van der Waals surface area contributed by atoms with Crippen molar-refractivity contribution in [3.05, 3.63) is 114 Å². The minimum absolute atomic E-state index is 0.00392. The summed E-state index contributed by atoms with van der Waals surface area (Å²) >= 11 is 12.0. The highest BCUT2D eigenvalue weighted by atomic mass is 35.5. The number of nitrogens with zero attached hydrogens (tertiary/aromatic N) is 2. The molecule has 0 saturated heterocycles. The van der Waals surface area contributed by atoms with Gasteiger partial charge in [-0.1, -0.05) is 70.7 Å². The number of benzene rings is 4. The van der Waals surface area contributed by atoms with Crippen LogP contribution in [0, 0.1) is 34.1 Å². The van der Waals surface area contributed by atoms with E-state index in [1.165, 1.54) is 24.3 Å². The lowest BCUT2D eigenvalue weighted by atomic mass is 10.0. The number of hydrogen-bond acceptors (Lipinski definition) is 5. The maximum Gasteiger partial charge on any atom is 0.288 e. The molecule has 7 nitrogen and oxygen atoms in total. The number of hydrogen-bond donors (Lipinski definition) is 0. The van der Waals surface area contributed by atoms with Crippen LogP contribution >= 0.6 is 23.2 Å². The molecule has 0 saturated carbocycles. The Hall–Kier alpha value is -3.59. The second-order valence-electron chi connectivity index (χ2n) is 8.11. The molecule has 0 bridgehead atoms. The monoisotopic (exact) mass is 540 g/mol. The highest BCUT2D eigenvalue weighted by molar-refractivity contribution is 7.85. The molecule has 0 aliphatic rings. The molecule has 0 heterocycles. The number of aryl methyl sites for hydroxylation is 2. The van der Waals surface area contributed by atoms with Gasteiger partial charge in [0.25, 0.3) is 11.4 Å². The molecular weight excluding hydrogens is 523 g/mol. The zero-order chi connectivity index (χ0) is 26.1. The van der Waals surface area contributed by atoms with E-state index in [4.69, 9.17) is 23.2 Å². The van der Waals surface area contributed by atoms with Gasteiger partial charge >= 0.3 is 0 Å². The molecule has 0 fully saturated rings. The normalized spacial score (nSPS) is 11.0. The Morgan fingerprint density at radius 2 is 1.03 bits per heavy atom. The van der Waals surface area contributed by atoms with Gasteiger partial charge in [0.1, 0.15) is 10.0 Å². The first-order valence-corrected chi connectivity index (χ1v) is 12.5. The molecule has 0 spiro atoms. The first-order valence-electron chi connectivity index (χ1n) is 10.6. The molecule has 4 aromatic carbocycles. The lowest BCUT2D eigenvalue weighted by molar-refractivity contribution is -0.384. The number of halogens is 2. The van der Waals surface area contributed by atoms with E-state index in [0.717, 1.165) is 11.1 Å². The minimum Gasteiger partial charge on any atom is -0.258 e. The molecule has 0 aromatic heterocycles. The fraction of sp³-hybridized carbons (Fsp3) is 0.0769. The van der Waals surface area contributed by atoms with Gasteiger partial charge in [-0.15, -0.1) is 0 Å². The van der Waals surface area contributed by atoms with Crippen LogP contribution in [0.15, 0.2) is 82.6 Å². The van der Waals surface area contributed by atoms with E-state index < -0.39 is 20.6 Å². The van der Waals surface area contributed by atoms with Gasteiger partial charge in [0.15, 0.2) is 0 Å². The largest absolute Gasteiger partial charge is 0.288 e. The van der Waals surface area contributed by atoms with E-state index in [1.807, 2.05) is 26.0 Å². The Bertz CT molecular complexity index is 1460. The van der Waals surface area contributed by atoms with Crippen LogP contribution in [-0.2, 0) is 10.8 Å². The third-order valence-electron chi connectivity index (χ3n) is 5.58. The fourth-order valence-electron chi connectivity index (χ4n) is 3.82. The lowest BCUT2D eigenvalue weighted by Crippen LogP contribution is -2.00. The van der Waals surface area contributed by atoms with Crippen molar-refractivity contribution in [2.75, 3.05) is 0 Å². The van der Waals surface area contributed by atoms with Gasteiger partial charge in [-0.05, 0) is 60.4 Å². The van der Waals surface area contributed by atoms with Crippen LogP contribution in [0.25, 0.3) is 22.3 Å².